The molecule has 3 unspecified atom stereocenters. The van der Waals surface area contributed by atoms with Crippen LogP contribution in [0.25, 0.3) is 11.1 Å². The van der Waals surface area contributed by atoms with Crippen LogP contribution in [0.1, 0.15) is 63.0 Å². The van der Waals surface area contributed by atoms with Gasteiger partial charge in [0.2, 0.25) is 5.91 Å². The summed E-state index contributed by atoms with van der Waals surface area (Å²) in [6.45, 7) is 3.67. The Kier molecular flexibility index (Phi) is 6.91. The molecule has 0 radical (unpaired) electrons. The number of carboxylic acid groups (broad SMARTS) is 1. The summed E-state index contributed by atoms with van der Waals surface area (Å²) >= 11 is 0. The highest BCUT2D eigenvalue weighted by molar-refractivity contribution is 5.88. The second-order valence-electron chi connectivity index (χ2n) is 9.55. The number of rotatable bonds is 8. The topological polar surface area (TPSA) is 105 Å². The fourth-order valence-corrected chi connectivity index (χ4v) is 5.25. The molecule has 3 N–H and O–H groups in total. The van der Waals surface area contributed by atoms with Crippen LogP contribution in [-0.2, 0) is 14.3 Å². The van der Waals surface area contributed by atoms with Gasteiger partial charge >= 0.3 is 12.1 Å². The first-order valence-corrected chi connectivity index (χ1v) is 12.0. The van der Waals surface area contributed by atoms with E-state index in [1.807, 2.05) is 31.2 Å². The monoisotopic (exact) mass is 464 g/mol. The summed E-state index contributed by atoms with van der Waals surface area (Å²) < 4.78 is 5.61. The predicted molar refractivity (Wildman–Crippen MR) is 128 cm³/mol. The van der Waals surface area contributed by atoms with E-state index in [2.05, 4.69) is 34.9 Å². The van der Waals surface area contributed by atoms with Crippen molar-refractivity contribution in [2.45, 2.75) is 63.5 Å². The number of amides is 2. The molecule has 2 aliphatic carbocycles. The van der Waals surface area contributed by atoms with E-state index in [1.54, 1.807) is 0 Å². The van der Waals surface area contributed by atoms with Crippen molar-refractivity contribution < 1.29 is 24.2 Å². The number of aliphatic carboxylic acids is 1. The fourth-order valence-electron chi connectivity index (χ4n) is 5.25. The molecule has 2 aromatic carbocycles. The van der Waals surface area contributed by atoms with E-state index >= 15 is 0 Å². The highest BCUT2D eigenvalue weighted by atomic mass is 16.5. The third kappa shape index (κ3) is 4.79. The van der Waals surface area contributed by atoms with Gasteiger partial charge in [0, 0.05) is 17.9 Å². The highest BCUT2D eigenvalue weighted by Gasteiger charge is 2.38. The molecular formula is C27H32N2O5. The van der Waals surface area contributed by atoms with Gasteiger partial charge in [0.15, 0.2) is 0 Å². The number of hydrogen-bond donors (Lipinski definition) is 3. The minimum Gasteiger partial charge on any atom is -0.480 e. The maximum atomic E-state index is 12.7. The molecule has 2 aliphatic rings. The van der Waals surface area contributed by atoms with Gasteiger partial charge in [-0.1, -0.05) is 61.9 Å². The molecule has 0 heterocycles. The Balaban J connectivity index is 1.30. The highest BCUT2D eigenvalue weighted by Crippen LogP contribution is 2.44. The Hall–Kier alpha value is -3.35. The molecule has 180 valence electrons. The number of carboxylic acids is 1. The predicted octanol–water partition coefficient (Wildman–Crippen LogP) is 4.45. The minimum absolute atomic E-state index is 0.00693. The Morgan fingerprint density at radius 3 is 2.24 bits per heavy atom. The molecule has 7 nitrogen and oxygen atoms in total. The van der Waals surface area contributed by atoms with Gasteiger partial charge in [-0.3, -0.25) is 4.79 Å². The Labute approximate surface area is 199 Å². The van der Waals surface area contributed by atoms with Crippen molar-refractivity contribution in [1.29, 1.82) is 0 Å². The number of carbonyl (C=O) groups is 3. The molecule has 2 aromatic rings. The van der Waals surface area contributed by atoms with Crippen molar-refractivity contribution >= 4 is 18.0 Å². The first-order chi connectivity index (χ1) is 16.3. The maximum absolute atomic E-state index is 12.7. The maximum Gasteiger partial charge on any atom is 0.407 e. The van der Waals surface area contributed by atoms with Gasteiger partial charge in [0.1, 0.15) is 12.1 Å². The van der Waals surface area contributed by atoms with Gasteiger partial charge in [-0.05, 0) is 54.9 Å². The average molecular weight is 465 g/mol. The normalized spacial score (nSPS) is 20.6. The molecule has 34 heavy (non-hydrogen) atoms. The molecule has 0 saturated heterocycles. The number of benzene rings is 2. The van der Waals surface area contributed by atoms with E-state index < -0.39 is 17.6 Å². The number of fused-ring (bicyclic) bond motifs is 3. The molecule has 0 spiro atoms. The van der Waals surface area contributed by atoms with Crippen molar-refractivity contribution in [2.24, 2.45) is 5.92 Å². The van der Waals surface area contributed by atoms with Crippen LogP contribution in [0.5, 0.6) is 0 Å². The van der Waals surface area contributed by atoms with E-state index in [1.165, 1.54) is 18.1 Å². The lowest BCUT2D eigenvalue weighted by Gasteiger charge is -2.27. The lowest BCUT2D eigenvalue weighted by molar-refractivity contribution is -0.147. The second-order valence-corrected chi connectivity index (χ2v) is 9.55. The van der Waals surface area contributed by atoms with E-state index in [4.69, 9.17) is 4.74 Å². The lowest BCUT2D eigenvalue weighted by Crippen LogP contribution is -2.53. The largest absolute Gasteiger partial charge is 0.480 e. The SMILES string of the molecule is CCCC(C)(NC(=O)C1CCC(NC(=O)OCC2c3ccccc3-c3ccccc32)C1)C(=O)O. The summed E-state index contributed by atoms with van der Waals surface area (Å²) in [5, 5.41) is 15.1. The molecule has 4 rings (SSSR count). The first kappa shape index (κ1) is 23.8. The number of carbonyl (C=O) groups excluding carboxylic acids is 2. The third-order valence-corrected chi connectivity index (χ3v) is 7.09. The van der Waals surface area contributed by atoms with Crippen molar-refractivity contribution in [3.8, 4) is 11.1 Å². The van der Waals surface area contributed by atoms with Gasteiger partial charge in [-0.15, -0.1) is 0 Å². The zero-order chi connectivity index (χ0) is 24.3. The number of ether oxygens (including phenoxy) is 1. The molecule has 0 bridgehead atoms. The van der Waals surface area contributed by atoms with E-state index in [-0.39, 0.29) is 30.4 Å². The smallest absolute Gasteiger partial charge is 0.407 e. The third-order valence-electron chi connectivity index (χ3n) is 7.09. The van der Waals surface area contributed by atoms with Gasteiger partial charge < -0.3 is 20.5 Å². The fraction of sp³-hybridized carbons (Fsp3) is 0.444. The zero-order valence-electron chi connectivity index (χ0n) is 19.7. The Morgan fingerprint density at radius 1 is 1.03 bits per heavy atom. The van der Waals surface area contributed by atoms with Crippen LogP contribution in [0, 0.1) is 5.92 Å². The number of alkyl carbamates (subject to hydrolysis) is 1. The lowest BCUT2D eigenvalue weighted by atomic mass is 9.94. The standard InChI is InChI=1S/C27H32N2O5/c1-3-14-27(2,25(31)32)29-24(30)17-12-13-18(15-17)28-26(33)34-16-23-21-10-6-4-8-19(21)20-9-5-7-11-22(20)23/h4-11,17-18,23H,3,12-16H2,1-2H3,(H,28,33)(H,29,30)(H,31,32). The Morgan fingerprint density at radius 2 is 1.65 bits per heavy atom. The van der Waals surface area contributed by atoms with Crippen LogP contribution >= 0.6 is 0 Å². The second kappa shape index (κ2) is 9.87. The summed E-state index contributed by atoms with van der Waals surface area (Å²) in [5.41, 5.74) is 3.39. The number of nitrogens with one attached hydrogen (secondary N) is 2. The molecule has 2 amide bonds. The summed E-state index contributed by atoms with van der Waals surface area (Å²) in [7, 11) is 0. The first-order valence-electron chi connectivity index (χ1n) is 12.0. The summed E-state index contributed by atoms with van der Waals surface area (Å²) in [5.74, 6) is -1.63. The van der Waals surface area contributed by atoms with Crippen LogP contribution in [0.3, 0.4) is 0 Å². The number of hydrogen-bond acceptors (Lipinski definition) is 4. The molecule has 0 aromatic heterocycles. The summed E-state index contributed by atoms with van der Waals surface area (Å²) in [6, 6.07) is 16.2. The summed E-state index contributed by atoms with van der Waals surface area (Å²) in [6.07, 6.45) is 2.25. The molecular weight excluding hydrogens is 432 g/mol. The molecule has 3 atom stereocenters. The summed E-state index contributed by atoms with van der Waals surface area (Å²) in [4.78, 5) is 36.9. The van der Waals surface area contributed by atoms with E-state index in [0.717, 1.165) is 11.1 Å². The van der Waals surface area contributed by atoms with Crippen LogP contribution in [0.15, 0.2) is 48.5 Å². The van der Waals surface area contributed by atoms with Crippen molar-refractivity contribution in [2.75, 3.05) is 6.61 Å². The van der Waals surface area contributed by atoms with Crippen molar-refractivity contribution in [3.05, 3.63) is 59.7 Å². The minimum atomic E-state index is -1.27. The molecule has 7 heteroatoms. The van der Waals surface area contributed by atoms with Crippen LogP contribution in [0.2, 0.25) is 0 Å². The quantitative estimate of drug-likeness (QED) is 0.535. The van der Waals surface area contributed by atoms with Gasteiger partial charge in [0.05, 0.1) is 0 Å². The molecule has 1 fully saturated rings. The van der Waals surface area contributed by atoms with Crippen molar-refractivity contribution in [1.82, 2.24) is 10.6 Å². The van der Waals surface area contributed by atoms with E-state index in [0.29, 0.717) is 32.1 Å². The molecule has 0 aliphatic heterocycles. The van der Waals surface area contributed by atoms with Crippen LogP contribution < -0.4 is 10.6 Å². The van der Waals surface area contributed by atoms with Gasteiger partial charge in [-0.25, -0.2) is 9.59 Å². The van der Waals surface area contributed by atoms with Crippen LogP contribution in [-0.4, -0.2) is 41.3 Å². The Bertz CT molecular complexity index is 1040. The molecule has 1 saturated carbocycles. The van der Waals surface area contributed by atoms with Crippen molar-refractivity contribution in [3.63, 3.8) is 0 Å². The van der Waals surface area contributed by atoms with Gasteiger partial charge in [0.25, 0.3) is 0 Å². The van der Waals surface area contributed by atoms with Gasteiger partial charge in [-0.2, -0.15) is 0 Å². The average Bonchev–Trinajstić information content (AvgIpc) is 3.40. The van der Waals surface area contributed by atoms with E-state index in [9.17, 15) is 19.5 Å². The zero-order valence-corrected chi connectivity index (χ0v) is 19.7. The van der Waals surface area contributed by atoms with Crippen LogP contribution in [0.4, 0.5) is 4.79 Å².